The zero-order valence-corrected chi connectivity index (χ0v) is 14.3. The van der Waals surface area contributed by atoms with Crippen molar-refractivity contribution in [1.82, 2.24) is 10.2 Å². The quantitative estimate of drug-likeness (QED) is 0.810. The summed E-state index contributed by atoms with van der Waals surface area (Å²) in [5.41, 5.74) is 3.05. The Bertz CT molecular complexity index is 433. The van der Waals surface area contributed by atoms with Crippen molar-refractivity contribution >= 4 is 0 Å². The van der Waals surface area contributed by atoms with Crippen molar-refractivity contribution in [2.24, 2.45) is 0 Å². The van der Waals surface area contributed by atoms with Crippen LogP contribution in [0.15, 0.2) is 24.3 Å². The maximum absolute atomic E-state index is 3.81. The van der Waals surface area contributed by atoms with Gasteiger partial charge >= 0.3 is 0 Å². The molecule has 0 spiro atoms. The number of benzene rings is 1. The first-order chi connectivity index (χ1) is 10.1. The maximum atomic E-state index is 3.81. The Morgan fingerprint density at radius 2 is 1.90 bits per heavy atom. The summed E-state index contributed by atoms with van der Waals surface area (Å²) in [5.74, 6) is 0. The summed E-state index contributed by atoms with van der Waals surface area (Å²) in [5, 5.41) is 3.81. The molecule has 1 aliphatic heterocycles. The largest absolute Gasteiger partial charge is 0.308 e. The van der Waals surface area contributed by atoms with E-state index in [0.717, 1.165) is 13.0 Å². The van der Waals surface area contributed by atoms with Crippen LogP contribution in [-0.2, 0) is 6.42 Å². The average molecular weight is 288 g/mol. The van der Waals surface area contributed by atoms with Gasteiger partial charge in [0.25, 0.3) is 0 Å². The van der Waals surface area contributed by atoms with E-state index >= 15 is 0 Å². The van der Waals surface area contributed by atoms with Gasteiger partial charge in [-0.15, -0.1) is 0 Å². The van der Waals surface area contributed by atoms with Crippen molar-refractivity contribution < 1.29 is 0 Å². The van der Waals surface area contributed by atoms with Crippen LogP contribution in [0.3, 0.4) is 0 Å². The number of rotatable bonds is 7. The second-order valence-electron chi connectivity index (χ2n) is 6.83. The zero-order chi connectivity index (χ0) is 15.3. The van der Waals surface area contributed by atoms with Crippen LogP contribution in [-0.4, -0.2) is 30.1 Å². The first-order valence-electron chi connectivity index (χ1n) is 8.66. The standard InChI is InChI=1S/C19H32N2/c1-5-12-20-18(17-11-9-10-16(6-2)15-17)19(3,4)21-13-7-8-14-21/h9-11,15,18,20H,5-8,12-14H2,1-4H3. The highest BCUT2D eigenvalue weighted by molar-refractivity contribution is 5.28. The molecule has 1 fully saturated rings. The molecule has 118 valence electrons. The van der Waals surface area contributed by atoms with Gasteiger partial charge < -0.3 is 5.32 Å². The fraction of sp³-hybridized carbons (Fsp3) is 0.684. The monoisotopic (exact) mass is 288 g/mol. The minimum Gasteiger partial charge on any atom is -0.308 e. The Balaban J connectivity index is 2.27. The molecule has 1 aliphatic rings. The van der Waals surface area contributed by atoms with E-state index in [1.807, 2.05) is 0 Å². The second-order valence-corrected chi connectivity index (χ2v) is 6.83. The van der Waals surface area contributed by atoms with Gasteiger partial charge in [-0.2, -0.15) is 0 Å². The van der Waals surface area contributed by atoms with Gasteiger partial charge in [0, 0.05) is 5.54 Å². The van der Waals surface area contributed by atoms with E-state index in [2.05, 4.69) is 62.2 Å². The van der Waals surface area contributed by atoms with Crippen molar-refractivity contribution in [3.8, 4) is 0 Å². The van der Waals surface area contributed by atoms with Crippen LogP contribution in [0.25, 0.3) is 0 Å². The van der Waals surface area contributed by atoms with Crippen molar-refractivity contribution in [3.05, 3.63) is 35.4 Å². The van der Waals surface area contributed by atoms with Gasteiger partial charge in [-0.25, -0.2) is 0 Å². The molecule has 0 amide bonds. The lowest BCUT2D eigenvalue weighted by molar-refractivity contribution is 0.107. The highest BCUT2D eigenvalue weighted by Gasteiger charge is 2.37. The van der Waals surface area contributed by atoms with Gasteiger partial charge in [0.1, 0.15) is 0 Å². The summed E-state index contributed by atoms with van der Waals surface area (Å²) in [6.45, 7) is 12.9. The van der Waals surface area contributed by atoms with E-state index in [-0.39, 0.29) is 5.54 Å². The summed E-state index contributed by atoms with van der Waals surface area (Å²) in [6, 6.07) is 9.55. The minimum absolute atomic E-state index is 0.165. The van der Waals surface area contributed by atoms with Crippen LogP contribution in [0.5, 0.6) is 0 Å². The zero-order valence-electron chi connectivity index (χ0n) is 14.3. The smallest absolute Gasteiger partial charge is 0.0501 e. The molecule has 0 aliphatic carbocycles. The van der Waals surface area contributed by atoms with Gasteiger partial charge in [0.2, 0.25) is 0 Å². The molecule has 1 saturated heterocycles. The number of likely N-dealkylation sites (tertiary alicyclic amines) is 1. The predicted octanol–water partition coefficient (Wildman–Crippen LogP) is 4.16. The Kier molecular flexibility index (Phi) is 5.83. The van der Waals surface area contributed by atoms with Crippen LogP contribution < -0.4 is 5.32 Å². The molecule has 0 saturated carbocycles. The Morgan fingerprint density at radius 3 is 2.52 bits per heavy atom. The lowest BCUT2D eigenvalue weighted by Crippen LogP contribution is -2.51. The van der Waals surface area contributed by atoms with Gasteiger partial charge in [0.15, 0.2) is 0 Å². The molecule has 1 aromatic carbocycles. The molecule has 0 bridgehead atoms. The van der Waals surface area contributed by atoms with Gasteiger partial charge in [-0.1, -0.05) is 38.1 Å². The summed E-state index contributed by atoms with van der Waals surface area (Å²) >= 11 is 0. The molecule has 1 aromatic rings. The molecule has 1 N–H and O–H groups in total. The molecule has 0 radical (unpaired) electrons. The molecule has 2 rings (SSSR count). The molecular weight excluding hydrogens is 256 g/mol. The summed E-state index contributed by atoms with van der Waals surface area (Å²) in [6.07, 6.45) is 4.98. The molecule has 1 atom stereocenters. The number of aryl methyl sites for hydroxylation is 1. The average Bonchev–Trinajstić information content (AvgIpc) is 3.03. The minimum atomic E-state index is 0.165. The normalized spacial score (nSPS) is 18.1. The number of nitrogens with one attached hydrogen (secondary N) is 1. The highest BCUT2D eigenvalue weighted by atomic mass is 15.2. The van der Waals surface area contributed by atoms with Crippen LogP contribution >= 0.6 is 0 Å². The van der Waals surface area contributed by atoms with Crippen molar-refractivity contribution in [2.75, 3.05) is 19.6 Å². The molecule has 0 aromatic heterocycles. The van der Waals surface area contributed by atoms with Crippen LogP contribution in [0.4, 0.5) is 0 Å². The predicted molar refractivity (Wildman–Crippen MR) is 91.7 cm³/mol. The van der Waals surface area contributed by atoms with Gasteiger partial charge in [0.05, 0.1) is 6.04 Å². The molecule has 2 heteroatoms. The third-order valence-corrected chi connectivity index (χ3v) is 4.92. The molecule has 1 unspecified atom stereocenters. The van der Waals surface area contributed by atoms with Crippen LogP contribution in [0.1, 0.15) is 64.1 Å². The lowest BCUT2D eigenvalue weighted by atomic mass is 9.86. The Labute approximate surface area is 130 Å². The van der Waals surface area contributed by atoms with Gasteiger partial charge in [-0.05, 0) is 70.3 Å². The van der Waals surface area contributed by atoms with E-state index in [1.165, 1.54) is 43.5 Å². The number of nitrogens with zero attached hydrogens (tertiary/aromatic N) is 1. The highest BCUT2D eigenvalue weighted by Crippen LogP contribution is 2.34. The summed E-state index contributed by atoms with van der Waals surface area (Å²) < 4.78 is 0. The number of hydrogen-bond donors (Lipinski definition) is 1. The van der Waals surface area contributed by atoms with Crippen LogP contribution in [0.2, 0.25) is 0 Å². The first-order valence-corrected chi connectivity index (χ1v) is 8.66. The fourth-order valence-corrected chi connectivity index (χ4v) is 3.53. The molecular formula is C19H32N2. The van der Waals surface area contributed by atoms with E-state index in [0.29, 0.717) is 6.04 Å². The summed E-state index contributed by atoms with van der Waals surface area (Å²) in [7, 11) is 0. The summed E-state index contributed by atoms with van der Waals surface area (Å²) in [4.78, 5) is 2.67. The van der Waals surface area contributed by atoms with E-state index < -0.39 is 0 Å². The number of hydrogen-bond acceptors (Lipinski definition) is 2. The molecule has 1 heterocycles. The maximum Gasteiger partial charge on any atom is 0.0501 e. The fourth-order valence-electron chi connectivity index (χ4n) is 3.53. The topological polar surface area (TPSA) is 15.3 Å². The second kappa shape index (κ2) is 7.42. The SMILES string of the molecule is CCCNC(c1cccc(CC)c1)C(C)(C)N1CCCC1. The van der Waals surface area contributed by atoms with E-state index in [4.69, 9.17) is 0 Å². The van der Waals surface area contributed by atoms with Crippen LogP contribution in [0, 0.1) is 0 Å². The third kappa shape index (κ3) is 3.87. The van der Waals surface area contributed by atoms with E-state index in [1.54, 1.807) is 0 Å². The van der Waals surface area contributed by atoms with Crippen molar-refractivity contribution in [3.63, 3.8) is 0 Å². The molecule has 2 nitrogen and oxygen atoms in total. The Morgan fingerprint density at radius 1 is 1.19 bits per heavy atom. The van der Waals surface area contributed by atoms with Crippen molar-refractivity contribution in [2.45, 2.75) is 65.0 Å². The first kappa shape index (κ1) is 16.5. The Hall–Kier alpha value is -0.860. The van der Waals surface area contributed by atoms with E-state index in [9.17, 15) is 0 Å². The van der Waals surface area contributed by atoms with Gasteiger partial charge in [-0.3, -0.25) is 4.90 Å². The van der Waals surface area contributed by atoms with Crippen molar-refractivity contribution in [1.29, 1.82) is 0 Å². The third-order valence-electron chi connectivity index (χ3n) is 4.92. The molecule has 21 heavy (non-hydrogen) atoms. The lowest BCUT2D eigenvalue weighted by Gasteiger charge is -2.43.